The van der Waals surface area contributed by atoms with Crippen LogP contribution in [0.15, 0.2) is 11.6 Å². The lowest BCUT2D eigenvalue weighted by Crippen LogP contribution is -2.18. The number of thiazole rings is 1. The van der Waals surface area contributed by atoms with Crippen molar-refractivity contribution < 1.29 is 0 Å². The fraction of sp³-hybridized carbons (Fsp3) is 0.500. The Hall–Kier alpha value is -1.96. The predicted molar refractivity (Wildman–Crippen MR) is 82.5 cm³/mol. The molecule has 1 atom stereocenters. The molecule has 20 heavy (non-hydrogen) atoms. The quantitative estimate of drug-likeness (QED) is 0.843. The molecule has 0 saturated heterocycles. The number of hydrogen-bond donors (Lipinski definition) is 2. The zero-order valence-electron chi connectivity index (χ0n) is 12.1. The summed E-state index contributed by atoms with van der Waals surface area (Å²) in [7, 11) is 3.80. The average Bonchev–Trinajstić information content (AvgIpc) is 2.92. The van der Waals surface area contributed by atoms with Crippen LogP contribution >= 0.6 is 11.3 Å². The van der Waals surface area contributed by atoms with E-state index in [4.69, 9.17) is 0 Å². The van der Waals surface area contributed by atoms with Crippen LogP contribution in [0.25, 0.3) is 0 Å². The Morgan fingerprint density at radius 1 is 1.25 bits per heavy atom. The van der Waals surface area contributed by atoms with Crippen LogP contribution in [0.5, 0.6) is 0 Å². The molecule has 2 heterocycles. The molecular weight excluding hydrogens is 274 g/mol. The number of aromatic nitrogens is 4. The number of anilines is 3. The Bertz CT molecular complexity index is 541. The van der Waals surface area contributed by atoms with Gasteiger partial charge in [0.25, 0.3) is 0 Å². The SMILES string of the molecule is CCNc1nc(NC(C)c2nccs2)nc(N(C)C)n1. The molecule has 0 bridgehead atoms. The van der Waals surface area contributed by atoms with Gasteiger partial charge in [0, 0.05) is 32.2 Å². The van der Waals surface area contributed by atoms with E-state index >= 15 is 0 Å². The normalized spacial score (nSPS) is 12.0. The van der Waals surface area contributed by atoms with Gasteiger partial charge >= 0.3 is 0 Å². The first kappa shape index (κ1) is 14.4. The monoisotopic (exact) mass is 293 g/mol. The number of hydrogen-bond acceptors (Lipinski definition) is 8. The second kappa shape index (κ2) is 6.47. The molecule has 2 aromatic heterocycles. The van der Waals surface area contributed by atoms with Crippen molar-refractivity contribution in [3.05, 3.63) is 16.6 Å². The summed E-state index contributed by atoms with van der Waals surface area (Å²) in [6.45, 7) is 4.80. The lowest BCUT2D eigenvalue weighted by atomic mass is 10.4. The molecule has 0 aromatic carbocycles. The van der Waals surface area contributed by atoms with E-state index in [9.17, 15) is 0 Å². The summed E-state index contributed by atoms with van der Waals surface area (Å²) in [5.41, 5.74) is 0. The maximum absolute atomic E-state index is 4.39. The van der Waals surface area contributed by atoms with E-state index < -0.39 is 0 Å². The van der Waals surface area contributed by atoms with Crippen LogP contribution in [0.1, 0.15) is 24.9 Å². The molecule has 0 radical (unpaired) electrons. The van der Waals surface area contributed by atoms with Gasteiger partial charge in [-0.25, -0.2) is 4.98 Å². The van der Waals surface area contributed by atoms with Crippen LogP contribution in [0, 0.1) is 0 Å². The summed E-state index contributed by atoms with van der Waals surface area (Å²) in [5.74, 6) is 1.73. The molecule has 0 fully saturated rings. The van der Waals surface area contributed by atoms with Crippen LogP contribution in [0.3, 0.4) is 0 Å². The van der Waals surface area contributed by atoms with Gasteiger partial charge in [-0.1, -0.05) is 0 Å². The molecule has 8 heteroatoms. The molecule has 0 aliphatic rings. The topological polar surface area (TPSA) is 78.9 Å². The average molecular weight is 293 g/mol. The maximum Gasteiger partial charge on any atom is 0.231 e. The fourth-order valence-electron chi connectivity index (χ4n) is 1.57. The molecule has 2 N–H and O–H groups in total. The molecule has 7 nitrogen and oxygen atoms in total. The first-order valence-corrected chi connectivity index (χ1v) is 7.31. The van der Waals surface area contributed by atoms with Crippen LogP contribution in [-0.4, -0.2) is 40.6 Å². The number of nitrogens with one attached hydrogen (secondary N) is 2. The summed E-state index contributed by atoms with van der Waals surface area (Å²) in [6, 6.07) is 0.0573. The molecule has 2 rings (SSSR count). The smallest absolute Gasteiger partial charge is 0.231 e. The Labute approximate surface area is 122 Å². The van der Waals surface area contributed by atoms with E-state index in [1.807, 2.05) is 38.2 Å². The van der Waals surface area contributed by atoms with Crippen molar-refractivity contribution >= 4 is 29.2 Å². The summed E-state index contributed by atoms with van der Waals surface area (Å²) >= 11 is 1.60. The lowest BCUT2D eigenvalue weighted by molar-refractivity contribution is 0.837. The molecule has 0 saturated carbocycles. The molecule has 2 aromatic rings. The van der Waals surface area contributed by atoms with Gasteiger partial charge in [0.1, 0.15) is 5.01 Å². The Balaban J connectivity index is 2.21. The van der Waals surface area contributed by atoms with Gasteiger partial charge in [0.2, 0.25) is 17.8 Å². The lowest BCUT2D eigenvalue weighted by Gasteiger charge is -2.15. The Morgan fingerprint density at radius 3 is 2.60 bits per heavy atom. The molecule has 0 aliphatic heterocycles. The standard InChI is InChI=1S/C12H19N7S/c1-5-13-10-16-11(18-12(17-10)19(3)4)15-8(2)9-14-6-7-20-9/h6-8H,5H2,1-4H3,(H2,13,15,16,17,18). The molecular formula is C12H19N7S. The third-order valence-corrected chi connectivity index (χ3v) is 3.48. The van der Waals surface area contributed by atoms with E-state index in [2.05, 4.69) is 30.6 Å². The minimum atomic E-state index is 0.0573. The summed E-state index contributed by atoms with van der Waals surface area (Å²) in [4.78, 5) is 19.2. The van der Waals surface area contributed by atoms with Crippen LogP contribution in [-0.2, 0) is 0 Å². The zero-order valence-corrected chi connectivity index (χ0v) is 12.9. The summed E-state index contributed by atoms with van der Waals surface area (Å²) in [5, 5.41) is 9.32. The highest BCUT2D eigenvalue weighted by atomic mass is 32.1. The van der Waals surface area contributed by atoms with Crippen LogP contribution < -0.4 is 15.5 Å². The fourth-order valence-corrected chi connectivity index (χ4v) is 2.22. The maximum atomic E-state index is 4.39. The van der Waals surface area contributed by atoms with E-state index in [1.165, 1.54) is 0 Å². The van der Waals surface area contributed by atoms with Crippen molar-refractivity contribution in [2.45, 2.75) is 19.9 Å². The van der Waals surface area contributed by atoms with E-state index in [0.29, 0.717) is 17.8 Å². The molecule has 0 amide bonds. The van der Waals surface area contributed by atoms with E-state index in [-0.39, 0.29) is 6.04 Å². The zero-order chi connectivity index (χ0) is 14.5. The Morgan fingerprint density at radius 2 is 2.00 bits per heavy atom. The third-order valence-electron chi connectivity index (χ3n) is 2.53. The second-order valence-corrected chi connectivity index (χ2v) is 5.37. The molecule has 1 unspecified atom stereocenters. The summed E-state index contributed by atoms with van der Waals surface area (Å²) in [6.07, 6.45) is 1.79. The van der Waals surface area contributed by atoms with Gasteiger partial charge in [-0.05, 0) is 13.8 Å². The highest BCUT2D eigenvalue weighted by Gasteiger charge is 2.12. The van der Waals surface area contributed by atoms with Crippen molar-refractivity contribution in [3.8, 4) is 0 Å². The van der Waals surface area contributed by atoms with Gasteiger partial charge in [-0.2, -0.15) is 15.0 Å². The van der Waals surface area contributed by atoms with Crippen molar-refractivity contribution in [1.29, 1.82) is 0 Å². The van der Waals surface area contributed by atoms with E-state index in [1.54, 1.807) is 17.5 Å². The van der Waals surface area contributed by atoms with Crippen molar-refractivity contribution in [2.75, 3.05) is 36.2 Å². The molecule has 108 valence electrons. The van der Waals surface area contributed by atoms with Gasteiger partial charge in [0.15, 0.2) is 0 Å². The highest BCUT2D eigenvalue weighted by Crippen LogP contribution is 2.20. The summed E-state index contributed by atoms with van der Waals surface area (Å²) < 4.78 is 0. The van der Waals surface area contributed by atoms with Crippen molar-refractivity contribution in [3.63, 3.8) is 0 Å². The van der Waals surface area contributed by atoms with Crippen LogP contribution in [0.4, 0.5) is 17.8 Å². The largest absolute Gasteiger partial charge is 0.354 e. The third kappa shape index (κ3) is 3.53. The van der Waals surface area contributed by atoms with Crippen LogP contribution in [0.2, 0.25) is 0 Å². The molecule has 0 spiro atoms. The van der Waals surface area contributed by atoms with Gasteiger partial charge in [-0.3, -0.25) is 0 Å². The van der Waals surface area contributed by atoms with Crippen molar-refractivity contribution in [2.24, 2.45) is 0 Å². The minimum absolute atomic E-state index is 0.0573. The predicted octanol–water partition coefficient (Wildman–Crippen LogP) is 2.00. The second-order valence-electron chi connectivity index (χ2n) is 4.44. The first-order valence-electron chi connectivity index (χ1n) is 6.43. The van der Waals surface area contributed by atoms with Gasteiger partial charge in [0.05, 0.1) is 6.04 Å². The molecule has 0 aliphatic carbocycles. The van der Waals surface area contributed by atoms with E-state index in [0.717, 1.165) is 11.6 Å². The number of nitrogens with zero attached hydrogens (tertiary/aromatic N) is 5. The van der Waals surface area contributed by atoms with Crippen molar-refractivity contribution in [1.82, 2.24) is 19.9 Å². The first-order chi connectivity index (χ1) is 9.60. The van der Waals surface area contributed by atoms with Gasteiger partial charge in [-0.15, -0.1) is 11.3 Å². The Kier molecular flexibility index (Phi) is 4.67. The minimum Gasteiger partial charge on any atom is -0.354 e. The number of rotatable bonds is 6. The highest BCUT2D eigenvalue weighted by molar-refractivity contribution is 7.09. The van der Waals surface area contributed by atoms with Gasteiger partial charge < -0.3 is 15.5 Å².